The smallest absolute Gasteiger partial charge is 0.262 e. The van der Waals surface area contributed by atoms with E-state index < -0.39 is 10.0 Å². The summed E-state index contributed by atoms with van der Waals surface area (Å²) in [4.78, 5) is 4.16. The summed E-state index contributed by atoms with van der Waals surface area (Å²) in [5.74, 6) is 0.708. The lowest BCUT2D eigenvalue weighted by Gasteiger charge is -2.32. The molecule has 1 N–H and O–H groups in total. The fourth-order valence-electron chi connectivity index (χ4n) is 2.49. The SMILES string of the molecule is CCN(C1CCNCC1)S(=O)(=O)c1cn(C)c(C)n1. The Kier molecular flexibility index (Phi) is 4.27. The van der Waals surface area contributed by atoms with E-state index in [4.69, 9.17) is 0 Å². The summed E-state index contributed by atoms with van der Waals surface area (Å²) in [6.07, 6.45) is 3.31. The second-order valence-electron chi connectivity index (χ2n) is 4.93. The first-order valence-electron chi connectivity index (χ1n) is 6.69. The Bertz CT molecular complexity index is 512. The van der Waals surface area contributed by atoms with Gasteiger partial charge in [0.05, 0.1) is 0 Å². The van der Waals surface area contributed by atoms with Crippen LogP contribution in [0.3, 0.4) is 0 Å². The van der Waals surface area contributed by atoms with Crippen LogP contribution in [0.4, 0.5) is 0 Å². The molecule has 0 atom stereocenters. The van der Waals surface area contributed by atoms with Gasteiger partial charge in [-0.1, -0.05) is 6.92 Å². The molecule has 1 aliphatic rings. The number of nitrogens with zero attached hydrogens (tertiary/aromatic N) is 3. The van der Waals surface area contributed by atoms with Crippen molar-refractivity contribution in [2.75, 3.05) is 19.6 Å². The molecule has 6 nitrogen and oxygen atoms in total. The third-order valence-electron chi connectivity index (χ3n) is 3.69. The Labute approximate surface area is 114 Å². The lowest BCUT2D eigenvalue weighted by molar-refractivity contribution is 0.270. The lowest BCUT2D eigenvalue weighted by atomic mass is 10.1. The second-order valence-corrected chi connectivity index (χ2v) is 6.76. The van der Waals surface area contributed by atoms with Crippen LogP contribution in [0.15, 0.2) is 11.2 Å². The largest absolute Gasteiger partial charge is 0.337 e. The summed E-state index contributed by atoms with van der Waals surface area (Å²) in [7, 11) is -1.67. The summed E-state index contributed by atoms with van der Waals surface area (Å²) in [5.41, 5.74) is 0. The maximum atomic E-state index is 12.7. The van der Waals surface area contributed by atoms with Gasteiger partial charge in [-0.2, -0.15) is 4.31 Å². The monoisotopic (exact) mass is 286 g/mol. The highest BCUT2D eigenvalue weighted by molar-refractivity contribution is 7.89. The molecule has 19 heavy (non-hydrogen) atoms. The van der Waals surface area contributed by atoms with Crippen molar-refractivity contribution in [2.24, 2.45) is 7.05 Å². The van der Waals surface area contributed by atoms with Crippen molar-refractivity contribution in [2.45, 2.75) is 37.8 Å². The van der Waals surface area contributed by atoms with E-state index in [-0.39, 0.29) is 11.1 Å². The van der Waals surface area contributed by atoms with Gasteiger partial charge in [-0.3, -0.25) is 0 Å². The van der Waals surface area contributed by atoms with E-state index in [9.17, 15) is 8.42 Å². The summed E-state index contributed by atoms with van der Waals surface area (Å²) >= 11 is 0. The van der Waals surface area contributed by atoms with Crippen molar-refractivity contribution in [1.29, 1.82) is 0 Å². The number of aromatic nitrogens is 2. The number of aryl methyl sites for hydroxylation is 2. The van der Waals surface area contributed by atoms with Gasteiger partial charge < -0.3 is 9.88 Å². The van der Waals surface area contributed by atoms with E-state index >= 15 is 0 Å². The molecular formula is C12H22N4O2S. The lowest BCUT2D eigenvalue weighted by Crippen LogP contribution is -2.46. The molecule has 108 valence electrons. The zero-order valence-electron chi connectivity index (χ0n) is 11.8. The highest BCUT2D eigenvalue weighted by Crippen LogP contribution is 2.21. The summed E-state index contributed by atoms with van der Waals surface area (Å²) in [6.45, 7) is 5.92. The quantitative estimate of drug-likeness (QED) is 0.875. The molecule has 0 unspecified atom stereocenters. The van der Waals surface area contributed by atoms with Gasteiger partial charge in [-0.05, 0) is 32.9 Å². The molecule has 1 aliphatic heterocycles. The molecule has 2 heterocycles. The number of hydrogen-bond acceptors (Lipinski definition) is 4. The molecule has 1 saturated heterocycles. The highest BCUT2D eigenvalue weighted by Gasteiger charge is 2.32. The maximum absolute atomic E-state index is 12.7. The Morgan fingerprint density at radius 2 is 2.11 bits per heavy atom. The predicted molar refractivity (Wildman–Crippen MR) is 73.4 cm³/mol. The van der Waals surface area contributed by atoms with Gasteiger partial charge in [0.15, 0.2) is 5.03 Å². The van der Waals surface area contributed by atoms with Crippen molar-refractivity contribution in [3.8, 4) is 0 Å². The third-order valence-corrected chi connectivity index (χ3v) is 5.59. The second kappa shape index (κ2) is 5.60. The first-order chi connectivity index (χ1) is 8.96. The molecule has 2 rings (SSSR count). The standard InChI is InChI=1S/C12H22N4O2S/c1-4-16(11-5-7-13-8-6-11)19(17,18)12-9-15(3)10(2)14-12/h9,11,13H,4-8H2,1-3H3. The Balaban J connectivity index is 2.29. The van der Waals surface area contributed by atoms with Crippen LogP contribution in [0, 0.1) is 6.92 Å². The van der Waals surface area contributed by atoms with Crippen LogP contribution < -0.4 is 5.32 Å². The number of nitrogens with one attached hydrogen (secondary N) is 1. The van der Waals surface area contributed by atoms with E-state index in [0.29, 0.717) is 12.4 Å². The number of piperidine rings is 1. The van der Waals surface area contributed by atoms with Crippen LogP contribution in [0.25, 0.3) is 0 Å². The molecular weight excluding hydrogens is 264 g/mol. The van der Waals surface area contributed by atoms with E-state index in [1.807, 2.05) is 14.0 Å². The van der Waals surface area contributed by atoms with E-state index in [2.05, 4.69) is 10.3 Å². The zero-order chi connectivity index (χ0) is 14.0. The molecule has 0 saturated carbocycles. The van der Waals surface area contributed by atoms with Crippen LogP contribution in [0.2, 0.25) is 0 Å². The number of imidazole rings is 1. The summed E-state index contributed by atoms with van der Waals surface area (Å²) in [5, 5.41) is 3.42. The molecule has 0 bridgehead atoms. The van der Waals surface area contributed by atoms with E-state index in [1.165, 1.54) is 0 Å². The van der Waals surface area contributed by atoms with Crippen LogP contribution in [-0.4, -0.2) is 48.0 Å². The zero-order valence-corrected chi connectivity index (χ0v) is 12.6. The molecule has 7 heteroatoms. The molecule has 1 fully saturated rings. The summed E-state index contributed by atoms with van der Waals surface area (Å²) in [6, 6.07) is 0.0820. The van der Waals surface area contributed by atoms with Gasteiger partial charge in [-0.15, -0.1) is 0 Å². The van der Waals surface area contributed by atoms with Crippen molar-refractivity contribution in [3.63, 3.8) is 0 Å². The number of sulfonamides is 1. The maximum Gasteiger partial charge on any atom is 0.262 e. The Morgan fingerprint density at radius 3 is 2.58 bits per heavy atom. The topological polar surface area (TPSA) is 67.2 Å². The molecule has 0 aliphatic carbocycles. The van der Waals surface area contributed by atoms with Gasteiger partial charge in [0.25, 0.3) is 10.0 Å². The van der Waals surface area contributed by atoms with Crippen molar-refractivity contribution < 1.29 is 8.42 Å². The molecule has 0 radical (unpaired) electrons. The fraction of sp³-hybridized carbons (Fsp3) is 0.750. The van der Waals surface area contributed by atoms with Gasteiger partial charge in [0, 0.05) is 25.8 Å². The molecule has 1 aromatic rings. The average molecular weight is 286 g/mol. The number of hydrogen-bond donors (Lipinski definition) is 1. The van der Waals surface area contributed by atoms with Crippen LogP contribution in [-0.2, 0) is 17.1 Å². The average Bonchev–Trinajstić information content (AvgIpc) is 2.72. The van der Waals surface area contributed by atoms with Crippen LogP contribution in [0.1, 0.15) is 25.6 Å². The normalized spacial score (nSPS) is 18.1. The minimum atomic E-state index is -3.48. The molecule has 0 spiro atoms. The van der Waals surface area contributed by atoms with Crippen LogP contribution in [0.5, 0.6) is 0 Å². The van der Waals surface area contributed by atoms with Gasteiger partial charge in [-0.25, -0.2) is 13.4 Å². The molecule has 0 amide bonds. The highest BCUT2D eigenvalue weighted by atomic mass is 32.2. The number of rotatable bonds is 4. The third kappa shape index (κ3) is 2.82. The van der Waals surface area contributed by atoms with E-state index in [1.54, 1.807) is 22.0 Å². The van der Waals surface area contributed by atoms with Crippen molar-refractivity contribution in [1.82, 2.24) is 19.2 Å². The Hall–Kier alpha value is -0.920. The minimum Gasteiger partial charge on any atom is -0.337 e. The first kappa shape index (κ1) is 14.5. The molecule has 0 aromatic carbocycles. The van der Waals surface area contributed by atoms with Gasteiger partial charge in [0.2, 0.25) is 0 Å². The van der Waals surface area contributed by atoms with Gasteiger partial charge >= 0.3 is 0 Å². The van der Waals surface area contributed by atoms with E-state index in [0.717, 1.165) is 25.9 Å². The Morgan fingerprint density at radius 1 is 1.47 bits per heavy atom. The van der Waals surface area contributed by atoms with Crippen molar-refractivity contribution >= 4 is 10.0 Å². The summed E-state index contributed by atoms with van der Waals surface area (Å²) < 4.78 is 28.6. The van der Waals surface area contributed by atoms with Gasteiger partial charge in [0.1, 0.15) is 5.82 Å². The minimum absolute atomic E-state index is 0.0820. The predicted octanol–water partition coefficient (Wildman–Crippen LogP) is 0.491. The van der Waals surface area contributed by atoms with Crippen LogP contribution >= 0.6 is 0 Å². The fourth-order valence-corrected chi connectivity index (χ4v) is 4.21. The molecule has 1 aromatic heterocycles. The van der Waals surface area contributed by atoms with Crippen molar-refractivity contribution in [3.05, 3.63) is 12.0 Å². The first-order valence-corrected chi connectivity index (χ1v) is 8.13.